The molecule has 2 saturated heterocycles. The molecule has 40 heavy (non-hydrogen) atoms. The summed E-state index contributed by atoms with van der Waals surface area (Å²) in [5, 5.41) is 35.0. The monoisotopic (exact) mass is 600 g/mol. The van der Waals surface area contributed by atoms with Gasteiger partial charge in [0.05, 0.1) is 6.61 Å². The molecule has 3 N–H and O–H groups in total. The normalized spacial score (nSPS) is 40.3. The second-order valence-corrected chi connectivity index (χ2v) is 20.1. The summed E-state index contributed by atoms with van der Waals surface area (Å²) in [6.07, 6.45) is 6.41. The molecule has 0 aromatic heterocycles. The molecule has 0 aliphatic carbocycles. The molecule has 4 heterocycles. The van der Waals surface area contributed by atoms with E-state index >= 15 is 0 Å². The first-order valence-corrected chi connectivity index (χ1v) is 16.9. The molecule has 4 rings (SSSR count). The average molecular weight is 601 g/mol. The number of aliphatic hydroxyl groups is 3. The van der Waals surface area contributed by atoms with E-state index < -0.39 is 45.1 Å². The molecule has 230 valence electrons. The first kappa shape index (κ1) is 32.6. The van der Waals surface area contributed by atoms with Gasteiger partial charge >= 0.3 is 0 Å². The maximum atomic E-state index is 13.2. The Morgan fingerprint density at radius 3 is 1.55 bits per heavy atom. The highest BCUT2D eigenvalue weighted by Crippen LogP contribution is 2.75. The van der Waals surface area contributed by atoms with Gasteiger partial charge in [0, 0.05) is 47.6 Å². The Kier molecular flexibility index (Phi) is 8.01. The van der Waals surface area contributed by atoms with Crippen LogP contribution in [0.5, 0.6) is 0 Å². The van der Waals surface area contributed by atoms with E-state index in [-0.39, 0.29) is 28.8 Å². The maximum absolute atomic E-state index is 13.2. The maximum Gasteiger partial charge on any atom is 0.202 e. The van der Waals surface area contributed by atoms with E-state index in [1.54, 1.807) is 6.92 Å². The van der Waals surface area contributed by atoms with Crippen LogP contribution in [0.4, 0.5) is 0 Å². The molecule has 0 spiro atoms. The SMILES string of the molecule is CC(C)(C)N1C=CCN(C(C)(C)C)P1[C@@]1(O)[C@H]2CO[C@@H]1[C@](O)(P1N(C(C)(C)C)C=CCN1C(C)(C)C)[C@@](C)(O)O2. The van der Waals surface area contributed by atoms with Gasteiger partial charge in [-0.05, 0) is 90.0 Å². The Morgan fingerprint density at radius 1 is 0.700 bits per heavy atom. The third kappa shape index (κ3) is 5.00. The molecule has 4 aliphatic heterocycles. The molecular formula is C29H54N4O5P2. The van der Waals surface area contributed by atoms with Crippen LogP contribution >= 0.6 is 16.4 Å². The molecule has 7 atom stereocenters. The molecule has 2 unspecified atom stereocenters. The second-order valence-electron chi connectivity index (χ2n) is 15.7. The topological polar surface area (TPSA) is 92.1 Å². The van der Waals surface area contributed by atoms with Gasteiger partial charge in [-0.15, -0.1) is 0 Å². The Hall–Kier alpha value is -0.340. The molecular weight excluding hydrogens is 546 g/mol. The molecule has 0 radical (unpaired) electrons. The van der Waals surface area contributed by atoms with Crippen LogP contribution in [0.3, 0.4) is 0 Å². The third-order valence-corrected chi connectivity index (χ3v) is 15.3. The summed E-state index contributed by atoms with van der Waals surface area (Å²) >= 11 is 0. The van der Waals surface area contributed by atoms with Crippen LogP contribution in [0, 0.1) is 0 Å². The first-order chi connectivity index (χ1) is 17.9. The van der Waals surface area contributed by atoms with Crippen LogP contribution in [0.25, 0.3) is 0 Å². The lowest BCUT2D eigenvalue weighted by atomic mass is 9.94. The number of rotatable bonds is 2. The molecule has 0 aromatic carbocycles. The second kappa shape index (κ2) is 9.84. The summed E-state index contributed by atoms with van der Waals surface area (Å²) in [5.41, 5.74) is -1.36. The van der Waals surface area contributed by atoms with Gasteiger partial charge < -0.3 is 34.1 Å². The van der Waals surface area contributed by atoms with Crippen molar-refractivity contribution in [2.75, 3.05) is 19.7 Å². The van der Waals surface area contributed by atoms with Crippen molar-refractivity contribution in [1.29, 1.82) is 0 Å². The highest BCUT2D eigenvalue weighted by Gasteiger charge is 2.79. The van der Waals surface area contributed by atoms with E-state index in [1.807, 2.05) is 6.20 Å². The number of fused-ring (bicyclic) bond motifs is 2. The molecule has 2 fully saturated rings. The number of ether oxygens (including phenoxy) is 2. The van der Waals surface area contributed by atoms with E-state index in [0.29, 0.717) is 13.1 Å². The molecule has 4 aliphatic rings. The van der Waals surface area contributed by atoms with Gasteiger partial charge in [0.25, 0.3) is 0 Å². The standard InChI is InChI=1S/C29H54N4O5P2/c1-23(2,3)30-16-14-17-31(24(4,5)6)39(30)28(35)21-20-37-22(28)29(36,27(13,34)38-21)40-32(25(7,8)9)18-15-19-33(40)26(10,11)12/h14-16,18,21-22,34-36H,17,19-20H2,1-13H3/t21-,22+,27+,28+,29+,39?,40?/m1/s1. The van der Waals surface area contributed by atoms with Crippen LogP contribution in [-0.2, 0) is 9.47 Å². The molecule has 2 bridgehead atoms. The Morgan fingerprint density at radius 2 is 1.12 bits per heavy atom. The van der Waals surface area contributed by atoms with Crippen molar-refractivity contribution >= 4 is 16.4 Å². The van der Waals surface area contributed by atoms with Crippen molar-refractivity contribution in [3.63, 3.8) is 0 Å². The van der Waals surface area contributed by atoms with E-state index in [4.69, 9.17) is 9.47 Å². The van der Waals surface area contributed by atoms with Gasteiger partial charge in [-0.1, -0.05) is 12.2 Å². The predicted molar refractivity (Wildman–Crippen MR) is 163 cm³/mol. The summed E-state index contributed by atoms with van der Waals surface area (Å²) in [7, 11) is -3.24. The molecule has 0 aromatic rings. The summed E-state index contributed by atoms with van der Waals surface area (Å²) in [6, 6.07) is 0. The summed E-state index contributed by atoms with van der Waals surface area (Å²) in [6.45, 7) is 28.4. The largest absolute Gasteiger partial charge is 0.377 e. The van der Waals surface area contributed by atoms with Crippen molar-refractivity contribution < 1.29 is 24.8 Å². The Labute approximate surface area is 244 Å². The fourth-order valence-electron chi connectivity index (χ4n) is 6.12. The zero-order chi connectivity index (χ0) is 30.5. The van der Waals surface area contributed by atoms with E-state index in [0.717, 1.165) is 0 Å². The zero-order valence-electron chi connectivity index (χ0n) is 26.9. The first-order valence-electron chi connectivity index (χ1n) is 14.4. The van der Waals surface area contributed by atoms with Crippen molar-refractivity contribution in [3.05, 3.63) is 24.6 Å². The van der Waals surface area contributed by atoms with Gasteiger partial charge in [-0.25, -0.2) is 0 Å². The van der Waals surface area contributed by atoms with Crippen molar-refractivity contribution in [1.82, 2.24) is 18.7 Å². The minimum absolute atomic E-state index is 0.0855. The van der Waals surface area contributed by atoms with Crippen LogP contribution in [-0.4, -0.2) is 105 Å². The van der Waals surface area contributed by atoms with Gasteiger partial charge in [0.2, 0.25) is 5.79 Å². The highest BCUT2D eigenvalue weighted by molar-refractivity contribution is 7.56. The van der Waals surface area contributed by atoms with Gasteiger partial charge in [-0.2, -0.15) is 0 Å². The lowest BCUT2D eigenvalue weighted by Crippen LogP contribution is -2.76. The quantitative estimate of drug-likeness (QED) is 0.381. The lowest BCUT2D eigenvalue weighted by Gasteiger charge is -2.66. The van der Waals surface area contributed by atoms with E-state index in [2.05, 4.69) is 120 Å². The molecule has 0 amide bonds. The van der Waals surface area contributed by atoms with Crippen LogP contribution in [0.1, 0.15) is 90.0 Å². The van der Waals surface area contributed by atoms with Gasteiger partial charge in [0.1, 0.15) is 28.7 Å². The van der Waals surface area contributed by atoms with E-state index in [9.17, 15) is 15.3 Å². The van der Waals surface area contributed by atoms with Crippen LogP contribution in [0.2, 0.25) is 0 Å². The number of nitrogens with zero attached hydrogens (tertiary/aromatic N) is 4. The third-order valence-electron chi connectivity index (χ3n) is 8.16. The average Bonchev–Trinajstić information content (AvgIpc) is 3.05. The Balaban J connectivity index is 1.98. The predicted octanol–water partition coefficient (Wildman–Crippen LogP) is 4.95. The van der Waals surface area contributed by atoms with Crippen LogP contribution < -0.4 is 0 Å². The van der Waals surface area contributed by atoms with Crippen molar-refractivity contribution in [2.24, 2.45) is 0 Å². The zero-order valence-corrected chi connectivity index (χ0v) is 28.7. The van der Waals surface area contributed by atoms with Crippen molar-refractivity contribution in [3.8, 4) is 0 Å². The molecule has 0 saturated carbocycles. The van der Waals surface area contributed by atoms with Crippen LogP contribution in [0.15, 0.2) is 24.6 Å². The number of hydrogen-bond acceptors (Lipinski definition) is 9. The van der Waals surface area contributed by atoms with E-state index in [1.165, 1.54) is 0 Å². The minimum atomic E-state index is -1.98. The summed E-state index contributed by atoms with van der Waals surface area (Å²) < 4.78 is 21.9. The Bertz CT molecular complexity index is 1030. The van der Waals surface area contributed by atoms with Gasteiger partial charge in [-0.3, -0.25) is 9.34 Å². The highest BCUT2D eigenvalue weighted by atomic mass is 31.1. The molecule has 9 nitrogen and oxygen atoms in total. The summed E-state index contributed by atoms with van der Waals surface area (Å²) in [5.74, 6) is -1.98. The lowest BCUT2D eigenvalue weighted by molar-refractivity contribution is -0.332. The smallest absolute Gasteiger partial charge is 0.202 e. The summed E-state index contributed by atoms with van der Waals surface area (Å²) in [4.78, 5) is 0. The fraction of sp³-hybridized carbons (Fsp3) is 0.862. The fourth-order valence-corrected chi connectivity index (χ4v) is 13.1. The minimum Gasteiger partial charge on any atom is -0.377 e. The number of hydrogen-bond donors (Lipinski definition) is 3. The van der Waals surface area contributed by atoms with Crippen molar-refractivity contribution in [2.45, 2.75) is 141 Å². The molecule has 11 heteroatoms. The van der Waals surface area contributed by atoms with Gasteiger partial charge in [0.15, 0.2) is 10.7 Å².